The summed E-state index contributed by atoms with van der Waals surface area (Å²) in [5.74, 6) is 6.94. The van der Waals surface area contributed by atoms with Gasteiger partial charge in [0.15, 0.2) is 0 Å². The summed E-state index contributed by atoms with van der Waals surface area (Å²) in [6, 6.07) is 12.8. The third kappa shape index (κ3) is 17.2. The van der Waals surface area contributed by atoms with E-state index in [1.54, 1.807) is 0 Å². The van der Waals surface area contributed by atoms with Crippen LogP contribution in [-0.2, 0) is 16.5 Å². The Bertz CT molecular complexity index is 1220. The predicted octanol–water partition coefficient (Wildman–Crippen LogP) is 13.0. The maximum absolute atomic E-state index is 5.13. The van der Waals surface area contributed by atoms with Crippen LogP contribution in [-0.4, -0.2) is 11.4 Å². The van der Waals surface area contributed by atoms with Gasteiger partial charge in [0.05, 0.1) is 17.1 Å². The van der Waals surface area contributed by atoms with Gasteiger partial charge < -0.3 is 0 Å². The average molecular weight is 640 g/mol. The summed E-state index contributed by atoms with van der Waals surface area (Å²) >= 11 is 0. The molecule has 2 nitrogen and oxygen atoms in total. The van der Waals surface area contributed by atoms with E-state index < -0.39 is 0 Å². The summed E-state index contributed by atoms with van der Waals surface area (Å²) < 4.78 is 0. The molecule has 2 rings (SSSR count). The largest absolute Gasteiger partial charge is 0.246 e. The Hall–Kier alpha value is -2.43. The zero-order valence-corrected chi connectivity index (χ0v) is 29.8. The summed E-state index contributed by atoms with van der Waals surface area (Å²) in [6.45, 7) is 13.1. The Kier molecular flexibility index (Phi) is 22.4. The standard InChI is InChI=1S/C41H60N2.Ni/c1-7-9-11-13-15-17-19-21-23-25-27-41(43-39-31-29-35(4)37(6)33-39)40(42-38-30-28-34(3)36(5)32-38)26-24-22-20-18-16-14-12-10-8-2;/h24,26,28-33H,7-23H2,1-6H3;. The van der Waals surface area contributed by atoms with Crippen molar-refractivity contribution in [2.75, 3.05) is 0 Å². The molecule has 0 unspecified atom stereocenters. The summed E-state index contributed by atoms with van der Waals surface area (Å²) in [4.78, 5) is 10.2. The van der Waals surface area contributed by atoms with Gasteiger partial charge in [0.25, 0.3) is 0 Å². The Morgan fingerprint density at radius 2 is 1.07 bits per heavy atom. The fourth-order valence-corrected chi connectivity index (χ4v) is 5.08. The van der Waals surface area contributed by atoms with E-state index in [9.17, 15) is 0 Å². The van der Waals surface area contributed by atoms with Crippen molar-refractivity contribution in [2.45, 2.75) is 151 Å². The molecule has 44 heavy (non-hydrogen) atoms. The van der Waals surface area contributed by atoms with E-state index in [1.807, 2.05) is 0 Å². The van der Waals surface area contributed by atoms with Gasteiger partial charge in [-0.15, -0.1) is 0 Å². The molecule has 0 N–H and O–H groups in total. The minimum absolute atomic E-state index is 0. The summed E-state index contributed by atoms with van der Waals surface area (Å²) in [5, 5.41) is 0. The second-order valence-corrected chi connectivity index (χ2v) is 12.3. The van der Waals surface area contributed by atoms with Gasteiger partial charge in [-0.2, -0.15) is 0 Å². The van der Waals surface area contributed by atoms with Crippen LogP contribution in [0.3, 0.4) is 0 Å². The Labute approximate surface area is 281 Å². The minimum atomic E-state index is 0. The van der Waals surface area contributed by atoms with Gasteiger partial charge in [-0.25, -0.2) is 9.98 Å². The second-order valence-electron chi connectivity index (χ2n) is 12.3. The number of nitrogens with zero attached hydrogens (tertiary/aromatic N) is 2. The molecule has 0 saturated carbocycles. The van der Waals surface area contributed by atoms with E-state index in [-0.39, 0.29) is 16.5 Å². The fourth-order valence-electron chi connectivity index (χ4n) is 5.08. The van der Waals surface area contributed by atoms with Gasteiger partial charge in [-0.3, -0.25) is 0 Å². The van der Waals surface area contributed by atoms with Crippen LogP contribution in [0.25, 0.3) is 0 Å². The molecule has 2 aromatic rings. The molecule has 0 saturated heterocycles. The van der Waals surface area contributed by atoms with Crippen molar-refractivity contribution in [3.8, 4) is 11.8 Å². The number of aliphatic imine (C=N–C) groups is 2. The van der Waals surface area contributed by atoms with Gasteiger partial charge in [0.1, 0.15) is 5.71 Å². The summed E-state index contributed by atoms with van der Waals surface area (Å²) in [7, 11) is 0. The molecule has 0 heterocycles. The molecular weight excluding hydrogens is 579 g/mol. The first-order valence-electron chi connectivity index (χ1n) is 17.4. The van der Waals surface area contributed by atoms with Crippen LogP contribution < -0.4 is 0 Å². The molecule has 244 valence electrons. The topological polar surface area (TPSA) is 24.7 Å². The Morgan fingerprint density at radius 3 is 1.59 bits per heavy atom. The van der Waals surface area contributed by atoms with E-state index in [0.29, 0.717) is 0 Å². The molecule has 2 aromatic carbocycles. The molecule has 0 fully saturated rings. The quantitative estimate of drug-likeness (QED) is 0.0596. The molecule has 3 heteroatoms. The Balaban J connectivity index is 0.00000968. The van der Waals surface area contributed by atoms with Gasteiger partial charge in [-0.05, 0) is 105 Å². The van der Waals surface area contributed by atoms with Crippen LogP contribution >= 0.6 is 0 Å². The molecule has 0 radical (unpaired) electrons. The van der Waals surface area contributed by atoms with Crippen molar-refractivity contribution < 1.29 is 16.5 Å². The average Bonchev–Trinajstić information content (AvgIpc) is 2.99. The SMILES string of the molecule is CCCCCCCCCC=CC(=Nc1ccc(C)c(C)c1)C(C#CCCCCCCCCCC)=Nc1ccc(C)c(C)c1.[Ni]. The zero-order valence-electron chi connectivity index (χ0n) is 28.9. The molecule has 0 spiro atoms. The summed E-state index contributed by atoms with van der Waals surface area (Å²) in [5.41, 5.74) is 8.56. The third-order valence-corrected chi connectivity index (χ3v) is 8.33. The van der Waals surface area contributed by atoms with Gasteiger partial charge in [-0.1, -0.05) is 121 Å². The first-order chi connectivity index (χ1) is 20.9. The molecule has 0 atom stereocenters. The number of hydrogen-bond acceptors (Lipinski definition) is 2. The monoisotopic (exact) mass is 638 g/mol. The smallest absolute Gasteiger partial charge is 0.139 e. The molecule has 0 amide bonds. The molecule has 0 aliphatic carbocycles. The molecule has 0 aliphatic rings. The van der Waals surface area contributed by atoms with Gasteiger partial charge >= 0.3 is 0 Å². The van der Waals surface area contributed by atoms with Crippen LogP contribution in [0, 0.1) is 39.5 Å². The first-order valence-corrected chi connectivity index (χ1v) is 17.4. The van der Waals surface area contributed by atoms with E-state index in [1.165, 1.54) is 112 Å². The van der Waals surface area contributed by atoms with Crippen molar-refractivity contribution in [2.24, 2.45) is 9.98 Å². The van der Waals surface area contributed by atoms with Gasteiger partial charge in [0, 0.05) is 22.9 Å². The van der Waals surface area contributed by atoms with Crippen LogP contribution in [0.1, 0.15) is 145 Å². The van der Waals surface area contributed by atoms with Gasteiger partial charge in [0.2, 0.25) is 0 Å². The minimum Gasteiger partial charge on any atom is -0.246 e. The first kappa shape index (κ1) is 39.6. The van der Waals surface area contributed by atoms with Crippen molar-refractivity contribution in [3.63, 3.8) is 0 Å². The van der Waals surface area contributed by atoms with E-state index in [2.05, 4.69) is 102 Å². The van der Waals surface area contributed by atoms with Crippen molar-refractivity contribution in [1.82, 2.24) is 0 Å². The van der Waals surface area contributed by atoms with Crippen LogP contribution in [0.2, 0.25) is 0 Å². The zero-order chi connectivity index (χ0) is 31.1. The number of aryl methyl sites for hydroxylation is 4. The van der Waals surface area contributed by atoms with E-state index in [4.69, 9.17) is 9.98 Å². The summed E-state index contributed by atoms with van der Waals surface area (Å²) in [6.07, 6.45) is 26.1. The number of hydrogen-bond donors (Lipinski definition) is 0. The maximum Gasteiger partial charge on any atom is 0.139 e. The molecule has 0 bridgehead atoms. The number of unbranched alkanes of at least 4 members (excludes halogenated alkanes) is 15. The Morgan fingerprint density at radius 1 is 0.591 bits per heavy atom. The normalized spacial score (nSPS) is 11.9. The van der Waals surface area contributed by atoms with Crippen LogP contribution in [0.4, 0.5) is 11.4 Å². The van der Waals surface area contributed by atoms with Crippen molar-refractivity contribution in [3.05, 3.63) is 70.8 Å². The van der Waals surface area contributed by atoms with Crippen molar-refractivity contribution in [1.29, 1.82) is 0 Å². The maximum atomic E-state index is 5.13. The van der Waals surface area contributed by atoms with Crippen LogP contribution in [0.5, 0.6) is 0 Å². The second kappa shape index (κ2) is 24.8. The molecule has 0 aliphatic heterocycles. The number of rotatable bonds is 20. The predicted molar refractivity (Wildman–Crippen MR) is 193 cm³/mol. The molecule has 0 aromatic heterocycles. The third-order valence-electron chi connectivity index (χ3n) is 8.33. The number of benzene rings is 2. The van der Waals surface area contributed by atoms with Crippen LogP contribution in [0.15, 0.2) is 58.5 Å². The van der Waals surface area contributed by atoms with E-state index >= 15 is 0 Å². The van der Waals surface area contributed by atoms with E-state index in [0.717, 1.165) is 42.1 Å². The molecular formula is C41H60N2Ni. The number of allylic oxidation sites excluding steroid dienone is 2. The van der Waals surface area contributed by atoms with Crippen molar-refractivity contribution >= 4 is 22.8 Å². The fraction of sp³-hybridized carbons (Fsp3) is 0.561.